The average Bonchev–Trinajstić information content (AvgIpc) is 3.29. The van der Waals surface area contributed by atoms with E-state index in [9.17, 15) is 9.59 Å². The highest BCUT2D eigenvalue weighted by molar-refractivity contribution is 7.10. The van der Waals surface area contributed by atoms with Crippen molar-refractivity contribution >= 4 is 40.2 Å². The van der Waals surface area contributed by atoms with Gasteiger partial charge in [-0.05, 0) is 54.5 Å². The van der Waals surface area contributed by atoms with E-state index in [4.69, 9.17) is 0 Å². The molecule has 0 saturated heterocycles. The minimum atomic E-state index is -0.470. The molecule has 5 rings (SSSR count). The zero-order valence-electron chi connectivity index (χ0n) is 17.9. The number of Topliss-reactive ketones (excluding diaryl/α,β-unsaturated/α-hetero) is 1. The first-order chi connectivity index (χ1) is 15.7. The molecule has 0 spiro atoms. The third kappa shape index (κ3) is 3.60. The first kappa shape index (κ1) is 20.5. The van der Waals surface area contributed by atoms with Crippen LogP contribution in [0.15, 0.2) is 77.3 Å². The molecule has 3 aromatic rings. The third-order valence-corrected chi connectivity index (χ3v) is 7.03. The van der Waals surface area contributed by atoms with Gasteiger partial charge in [0.05, 0.1) is 11.4 Å². The monoisotopic (exact) mass is 443 g/mol. The van der Waals surface area contributed by atoms with Crippen LogP contribution >= 0.6 is 11.3 Å². The Bertz CT molecular complexity index is 1200. The van der Waals surface area contributed by atoms with Gasteiger partial charge in [0.1, 0.15) is 6.04 Å². The Kier molecular flexibility index (Phi) is 5.53. The van der Waals surface area contributed by atoms with Crippen molar-refractivity contribution in [2.24, 2.45) is 0 Å². The molecule has 2 N–H and O–H groups in total. The second kappa shape index (κ2) is 8.63. The molecule has 1 atom stereocenters. The summed E-state index contributed by atoms with van der Waals surface area (Å²) in [7, 11) is 0. The number of nitrogens with one attached hydrogen (secondary N) is 2. The van der Waals surface area contributed by atoms with Gasteiger partial charge >= 0.3 is 6.03 Å². The predicted molar refractivity (Wildman–Crippen MR) is 130 cm³/mol. The number of thiophene rings is 1. The Morgan fingerprint density at radius 1 is 1.09 bits per heavy atom. The molecule has 162 valence electrons. The second-order valence-corrected chi connectivity index (χ2v) is 9.02. The number of amides is 2. The first-order valence-electron chi connectivity index (χ1n) is 11.0. The number of rotatable bonds is 3. The number of hydrogen-bond acceptors (Lipinski definition) is 4. The van der Waals surface area contributed by atoms with Crippen LogP contribution in [0.25, 0.3) is 0 Å². The lowest BCUT2D eigenvalue weighted by Crippen LogP contribution is -2.40. The normalized spacial score (nSPS) is 17.8. The number of para-hydroxylation sites is 3. The van der Waals surface area contributed by atoms with Crippen LogP contribution < -0.4 is 15.5 Å². The Morgan fingerprint density at radius 3 is 2.72 bits per heavy atom. The SMILES string of the molecule is CCc1ccccc1NC(=O)N1c2ccccc2NC2=C(C(=O)CCC2)[C@@H]1c1cccs1. The Balaban J connectivity index is 1.67. The van der Waals surface area contributed by atoms with Crippen LogP contribution in [0.1, 0.15) is 42.7 Å². The van der Waals surface area contributed by atoms with Crippen LogP contribution in [0.4, 0.5) is 21.9 Å². The summed E-state index contributed by atoms with van der Waals surface area (Å²) in [6, 6.07) is 18.9. The fourth-order valence-electron chi connectivity index (χ4n) is 4.60. The fraction of sp³-hybridized carbons (Fsp3) is 0.231. The van der Waals surface area contributed by atoms with E-state index in [0.717, 1.165) is 52.5 Å². The maximum atomic E-state index is 13.9. The van der Waals surface area contributed by atoms with E-state index in [1.807, 2.05) is 66.0 Å². The lowest BCUT2D eigenvalue weighted by Gasteiger charge is -2.33. The van der Waals surface area contributed by atoms with Gasteiger partial charge in [-0.1, -0.05) is 43.3 Å². The van der Waals surface area contributed by atoms with Gasteiger partial charge in [-0.3, -0.25) is 9.69 Å². The van der Waals surface area contributed by atoms with Crippen molar-refractivity contribution in [2.45, 2.75) is 38.6 Å². The van der Waals surface area contributed by atoms with Crippen molar-refractivity contribution < 1.29 is 9.59 Å². The van der Waals surface area contributed by atoms with Crippen molar-refractivity contribution in [2.75, 3.05) is 15.5 Å². The molecule has 1 aromatic heterocycles. The van der Waals surface area contributed by atoms with E-state index in [2.05, 4.69) is 17.6 Å². The molecule has 0 bridgehead atoms. The number of benzene rings is 2. The Hall–Kier alpha value is -3.38. The van der Waals surface area contributed by atoms with Gasteiger partial charge in [0, 0.05) is 28.3 Å². The molecule has 6 heteroatoms. The molecule has 0 radical (unpaired) electrons. The highest BCUT2D eigenvalue weighted by Crippen LogP contribution is 2.46. The van der Waals surface area contributed by atoms with E-state index in [1.165, 1.54) is 0 Å². The van der Waals surface area contributed by atoms with E-state index in [0.29, 0.717) is 12.0 Å². The summed E-state index contributed by atoms with van der Waals surface area (Å²) in [5.41, 5.74) is 5.10. The summed E-state index contributed by atoms with van der Waals surface area (Å²) in [5, 5.41) is 8.62. The lowest BCUT2D eigenvalue weighted by atomic mass is 9.88. The van der Waals surface area contributed by atoms with Gasteiger partial charge in [0.25, 0.3) is 0 Å². The zero-order valence-corrected chi connectivity index (χ0v) is 18.7. The Labute approximate surface area is 191 Å². The minimum absolute atomic E-state index is 0.108. The summed E-state index contributed by atoms with van der Waals surface area (Å²) in [6.07, 6.45) is 2.94. The molecule has 2 aromatic carbocycles. The van der Waals surface area contributed by atoms with Gasteiger partial charge < -0.3 is 10.6 Å². The summed E-state index contributed by atoms with van der Waals surface area (Å²) < 4.78 is 0. The summed E-state index contributed by atoms with van der Waals surface area (Å²) in [5.74, 6) is 0.108. The molecule has 2 amide bonds. The molecule has 0 fully saturated rings. The molecule has 1 aliphatic heterocycles. The number of urea groups is 1. The molecule has 32 heavy (non-hydrogen) atoms. The predicted octanol–water partition coefficient (Wildman–Crippen LogP) is 6.52. The maximum absolute atomic E-state index is 13.9. The van der Waals surface area contributed by atoms with Gasteiger partial charge in [-0.2, -0.15) is 0 Å². The Morgan fingerprint density at radius 2 is 1.91 bits per heavy atom. The number of hydrogen-bond donors (Lipinski definition) is 2. The van der Waals surface area contributed by atoms with E-state index in [-0.39, 0.29) is 11.8 Å². The van der Waals surface area contributed by atoms with Crippen molar-refractivity contribution in [3.05, 3.63) is 87.8 Å². The maximum Gasteiger partial charge on any atom is 0.327 e. The van der Waals surface area contributed by atoms with Crippen molar-refractivity contribution in [1.82, 2.24) is 0 Å². The molecule has 2 heterocycles. The van der Waals surface area contributed by atoms with E-state index < -0.39 is 6.04 Å². The number of anilines is 3. The standard InChI is InChI=1S/C26H25N3O2S/c1-2-17-9-3-4-10-18(17)28-26(31)29-21-13-6-5-11-19(21)27-20-12-7-14-22(30)24(20)25(29)23-15-8-16-32-23/h3-6,8-11,13,15-16,25,27H,2,7,12,14H2,1H3,(H,28,31)/t25-/m0/s1. The summed E-state index contributed by atoms with van der Waals surface area (Å²) in [6.45, 7) is 2.07. The molecule has 5 nitrogen and oxygen atoms in total. The zero-order chi connectivity index (χ0) is 22.1. The van der Waals surface area contributed by atoms with Gasteiger partial charge in [-0.25, -0.2) is 4.79 Å². The van der Waals surface area contributed by atoms with Crippen molar-refractivity contribution in [1.29, 1.82) is 0 Å². The van der Waals surface area contributed by atoms with Crippen LogP contribution in [0.3, 0.4) is 0 Å². The number of carbonyl (C=O) groups is 2. The van der Waals surface area contributed by atoms with Crippen LogP contribution in [0.5, 0.6) is 0 Å². The van der Waals surface area contributed by atoms with Crippen LogP contribution in [0, 0.1) is 0 Å². The number of allylic oxidation sites excluding steroid dienone is 1. The highest BCUT2D eigenvalue weighted by atomic mass is 32.1. The van der Waals surface area contributed by atoms with Crippen molar-refractivity contribution in [3.8, 4) is 0 Å². The number of nitrogens with zero attached hydrogens (tertiary/aromatic N) is 1. The van der Waals surface area contributed by atoms with Crippen LogP contribution in [-0.2, 0) is 11.2 Å². The van der Waals surface area contributed by atoms with Crippen LogP contribution in [0.2, 0.25) is 0 Å². The van der Waals surface area contributed by atoms with Gasteiger partial charge in [-0.15, -0.1) is 11.3 Å². The quantitative estimate of drug-likeness (QED) is 0.484. The first-order valence-corrected chi connectivity index (χ1v) is 11.9. The molecular weight excluding hydrogens is 418 g/mol. The molecular formula is C26H25N3O2S. The molecule has 1 aliphatic carbocycles. The smallest absolute Gasteiger partial charge is 0.327 e. The number of carbonyl (C=O) groups excluding carboxylic acids is 2. The third-order valence-electron chi connectivity index (χ3n) is 6.11. The minimum Gasteiger partial charge on any atom is -0.357 e. The topological polar surface area (TPSA) is 61.4 Å². The van der Waals surface area contributed by atoms with Crippen LogP contribution in [-0.4, -0.2) is 11.8 Å². The van der Waals surface area contributed by atoms with E-state index >= 15 is 0 Å². The molecule has 0 unspecified atom stereocenters. The largest absolute Gasteiger partial charge is 0.357 e. The summed E-state index contributed by atoms with van der Waals surface area (Å²) >= 11 is 1.57. The fourth-order valence-corrected chi connectivity index (χ4v) is 5.42. The van der Waals surface area contributed by atoms with E-state index in [1.54, 1.807) is 16.2 Å². The number of ketones is 1. The van der Waals surface area contributed by atoms with Gasteiger partial charge in [0.15, 0.2) is 5.78 Å². The lowest BCUT2D eigenvalue weighted by molar-refractivity contribution is -0.116. The molecule has 0 saturated carbocycles. The number of aryl methyl sites for hydroxylation is 1. The second-order valence-electron chi connectivity index (χ2n) is 8.04. The average molecular weight is 444 g/mol. The summed E-state index contributed by atoms with van der Waals surface area (Å²) in [4.78, 5) is 29.8. The van der Waals surface area contributed by atoms with Crippen molar-refractivity contribution in [3.63, 3.8) is 0 Å². The molecule has 2 aliphatic rings. The number of fused-ring (bicyclic) bond motifs is 1. The highest BCUT2D eigenvalue weighted by Gasteiger charge is 2.40. The van der Waals surface area contributed by atoms with Gasteiger partial charge in [0.2, 0.25) is 0 Å².